The second-order valence-electron chi connectivity index (χ2n) is 6.24. The summed E-state index contributed by atoms with van der Waals surface area (Å²) in [4.78, 5) is 16.2. The maximum Gasteiger partial charge on any atom is 0.223 e. The number of hydrogen-bond donors (Lipinski definition) is 0. The Morgan fingerprint density at radius 3 is 2.00 bits per heavy atom. The van der Waals surface area contributed by atoms with Gasteiger partial charge in [-0.3, -0.25) is 4.79 Å². The van der Waals surface area contributed by atoms with Crippen molar-refractivity contribution in [2.45, 2.75) is 12.3 Å². The van der Waals surface area contributed by atoms with E-state index < -0.39 is 0 Å². The molecular formula is C20H24N2O. The van der Waals surface area contributed by atoms with Crippen LogP contribution in [0.15, 0.2) is 60.7 Å². The van der Waals surface area contributed by atoms with Crippen molar-refractivity contribution in [3.05, 3.63) is 71.8 Å². The Balaban J connectivity index is 1.81. The number of carbonyl (C=O) groups is 1. The first kappa shape index (κ1) is 15.8. The molecule has 2 aromatic carbocycles. The fourth-order valence-corrected chi connectivity index (χ4v) is 3.19. The van der Waals surface area contributed by atoms with Crippen molar-refractivity contribution in [1.29, 1.82) is 0 Å². The molecule has 0 saturated carbocycles. The monoisotopic (exact) mass is 308 g/mol. The van der Waals surface area contributed by atoms with Crippen LogP contribution in [0.2, 0.25) is 0 Å². The predicted octanol–water partition coefficient (Wildman–Crippen LogP) is 2.98. The smallest absolute Gasteiger partial charge is 0.223 e. The van der Waals surface area contributed by atoms with Gasteiger partial charge in [0, 0.05) is 45.6 Å². The Labute approximate surface area is 138 Å². The fraction of sp³-hybridized carbons (Fsp3) is 0.350. The number of nitrogens with zero attached hydrogens (tertiary/aromatic N) is 2. The minimum Gasteiger partial charge on any atom is -0.344 e. The van der Waals surface area contributed by atoms with Gasteiger partial charge in [0.25, 0.3) is 0 Å². The first-order valence-corrected chi connectivity index (χ1v) is 8.30. The van der Waals surface area contributed by atoms with E-state index in [0.29, 0.717) is 12.3 Å². The molecule has 1 saturated heterocycles. The molecule has 1 aliphatic rings. The highest BCUT2D eigenvalue weighted by molar-refractivity contribution is 5.76. The van der Waals surface area contributed by atoms with Crippen LogP contribution >= 0.6 is 0 Å². The van der Waals surface area contributed by atoms with Crippen LogP contribution in [0.5, 0.6) is 0 Å². The molecule has 0 N–H and O–H groups in total. The number of likely N-dealkylation sites (N-methyl/N-ethyl adjacent to an activating group) is 1. The lowest BCUT2D eigenvalue weighted by atomic mass is 9.91. The molecule has 1 heterocycles. The summed E-state index contributed by atoms with van der Waals surface area (Å²) in [5, 5.41) is 0. The number of carbonyl (C=O) groups excluding carboxylic acids is 1. The molecule has 0 spiro atoms. The summed E-state index contributed by atoms with van der Waals surface area (Å²) in [6.45, 7) is 3.56. The van der Waals surface area contributed by atoms with Gasteiger partial charge in [-0.15, -0.1) is 0 Å². The summed E-state index contributed by atoms with van der Waals surface area (Å²) in [7, 11) is 1.90. The largest absolute Gasteiger partial charge is 0.344 e. The van der Waals surface area contributed by atoms with Crippen LogP contribution < -0.4 is 0 Å². The molecule has 23 heavy (non-hydrogen) atoms. The number of rotatable bonds is 4. The zero-order chi connectivity index (χ0) is 16.1. The van der Waals surface area contributed by atoms with Crippen LogP contribution in [-0.2, 0) is 4.79 Å². The molecule has 3 heteroatoms. The number of amides is 1. The molecule has 1 aliphatic heterocycles. The Hall–Kier alpha value is -2.13. The highest BCUT2D eigenvalue weighted by Crippen LogP contribution is 2.26. The number of hydrogen-bond acceptors (Lipinski definition) is 2. The van der Waals surface area contributed by atoms with E-state index >= 15 is 0 Å². The average Bonchev–Trinajstić information content (AvgIpc) is 2.77. The summed E-state index contributed by atoms with van der Waals surface area (Å²) in [5.41, 5.74) is 2.67. The standard InChI is InChI=1S/C20H24N2O/c1-21-14-15-22(13-12-20(21)23)16-19(17-8-4-2-5-9-17)18-10-6-3-7-11-18/h2-11,19H,12-16H2,1H3. The molecule has 0 radical (unpaired) electrons. The lowest BCUT2D eigenvalue weighted by Gasteiger charge is -2.27. The lowest BCUT2D eigenvalue weighted by molar-refractivity contribution is -0.129. The maximum atomic E-state index is 11.9. The Morgan fingerprint density at radius 2 is 1.43 bits per heavy atom. The Morgan fingerprint density at radius 1 is 0.870 bits per heavy atom. The van der Waals surface area contributed by atoms with E-state index in [4.69, 9.17) is 0 Å². The van der Waals surface area contributed by atoms with Crippen molar-refractivity contribution in [3.8, 4) is 0 Å². The molecule has 0 bridgehead atoms. The molecule has 1 fully saturated rings. The van der Waals surface area contributed by atoms with Gasteiger partial charge in [0.2, 0.25) is 5.91 Å². The molecule has 3 nitrogen and oxygen atoms in total. The van der Waals surface area contributed by atoms with Crippen molar-refractivity contribution in [2.75, 3.05) is 33.2 Å². The molecular weight excluding hydrogens is 284 g/mol. The topological polar surface area (TPSA) is 23.6 Å². The van der Waals surface area contributed by atoms with Crippen LogP contribution in [0.4, 0.5) is 0 Å². The van der Waals surface area contributed by atoms with E-state index in [1.807, 2.05) is 11.9 Å². The minimum atomic E-state index is 0.253. The van der Waals surface area contributed by atoms with Gasteiger partial charge in [0.1, 0.15) is 0 Å². The van der Waals surface area contributed by atoms with Gasteiger partial charge in [-0.25, -0.2) is 0 Å². The average molecular weight is 308 g/mol. The van der Waals surface area contributed by atoms with Gasteiger partial charge >= 0.3 is 0 Å². The van der Waals surface area contributed by atoms with Crippen molar-refractivity contribution in [1.82, 2.24) is 9.80 Å². The molecule has 0 aliphatic carbocycles. The Kier molecular flexibility index (Phi) is 5.09. The van der Waals surface area contributed by atoms with Gasteiger partial charge in [0.15, 0.2) is 0 Å². The van der Waals surface area contributed by atoms with E-state index in [0.717, 1.165) is 26.2 Å². The summed E-state index contributed by atoms with van der Waals surface area (Å²) in [6, 6.07) is 21.3. The fourth-order valence-electron chi connectivity index (χ4n) is 3.19. The lowest BCUT2D eigenvalue weighted by Crippen LogP contribution is -2.33. The summed E-state index contributed by atoms with van der Waals surface area (Å²) in [6.07, 6.45) is 0.618. The first-order chi connectivity index (χ1) is 11.2. The zero-order valence-electron chi connectivity index (χ0n) is 13.7. The van der Waals surface area contributed by atoms with E-state index in [1.165, 1.54) is 11.1 Å². The van der Waals surface area contributed by atoms with Crippen LogP contribution in [0, 0.1) is 0 Å². The Bertz CT molecular complexity index is 587. The van der Waals surface area contributed by atoms with Crippen molar-refractivity contribution >= 4 is 5.91 Å². The van der Waals surface area contributed by atoms with Crippen LogP contribution in [0.3, 0.4) is 0 Å². The highest BCUT2D eigenvalue weighted by atomic mass is 16.2. The van der Waals surface area contributed by atoms with E-state index in [9.17, 15) is 4.79 Å². The third kappa shape index (κ3) is 3.99. The first-order valence-electron chi connectivity index (χ1n) is 8.30. The molecule has 0 atom stereocenters. The van der Waals surface area contributed by atoms with E-state index in [1.54, 1.807) is 0 Å². The van der Waals surface area contributed by atoms with Crippen molar-refractivity contribution in [2.24, 2.45) is 0 Å². The maximum absolute atomic E-state index is 11.9. The molecule has 2 aromatic rings. The van der Waals surface area contributed by atoms with Crippen molar-refractivity contribution < 1.29 is 4.79 Å². The van der Waals surface area contributed by atoms with E-state index in [-0.39, 0.29) is 5.91 Å². The van der Waals surface area contributed by atoms with Crippen LogP contribution in [-0.4, -0.2) is 48.9 Å². The van der Waals surface area contributed by atoms with Gasteiger partial charge in [-0.2, -0.15) is 0 Å². The summed E-state index contributed by atoms with van der Waals surface area (Å²) < 4.78 is 0. The number of benzene rings is 2. The van der Waals surface area contributed by atoms with Gasteiger partial charge in [-0.1, -0.05) is 60.7 Å². The quantitative estimate of drug-likeness (QED) is 0.867. The highest BCUT2D eigenvalue weighted by Gasteiger charge is 2.22. The normalized spacial score (nSPS) is 16.6. The minimum absolute atomic E-state index is 0.253. The zero-order valence-corrected chi connectivity index (χ0v) is 13.7. The van der Waals surface area contributed by atoms with Crippen molar-refractivity contribution in [3.63, 3.8) is 0 Å². The summed E-state index contributed by atoms with van der Waals surface area (Å²) >= 11 is 0. The summed E-state index contributed by atoms with van der Waals surface area (Å²) in [5.74, 6) is 0.597. The second kappa shape index (κ2) is 7.42. The third-order valence-electron chi connectivity index (χ3n) is 4.66. The third-order valence-corrected chi connectivity index (χ3v) is 4.66. The molecule has 3 rings (SSSR count). The van der Waals surface area contributed by atoms with Crippen LogP contribution in [0.1, 0.15) is 23.5 Å². The molecule has 120 valence electrons. The van der Waals surface area contributed by atoms with Crippen LogP contribution in [0.25, 0.3) is 0 Å². The molecule has 1 amide bonds. The second-order valence-corrected chi connectivity index (χ2v) is 6.24. The SMILES string of the molecule is CN1CCN(CC(c2ccccc2)c2ccccc2)CCC1=O. The molecule has 0 unspecified atom stereocenters. The van der Waals surface area contributed by atoms with Gasteiger partial charge < -0.3 is 9.80 Å². The van der Waals surface area contributed by atoms with E-state index in [2.05, 4.69) is 65.6 Å². The van der Waals surface area contributed by atoms with Gasteiger partial charge in [0.05, 0.1) is 0 Å². The predicted molar refractivity (Wildman–Crippen MR) is 93.4 cm³/mol. The van der Waals surface area contributed by atoms with Gasteiger partial charge in [-0.05, 0) is 11.1 Å². The molecule has 0 aromatic heterocycles.